The number of carbonyl (C=O) groups excluding carboxylic acids is 3. The number of hydrogen-bond acceptors (Lipinski definition) is 7. The van der Waals surface area contributed by atoms with E-state index in [2.05, 4.69) is 10.1 Å². The van der Waals surface area contributed by atoms with Crippen LogP contribution in [0.3, 0.4) is 0 Å². The van der Waals surface area contributed by atoms with Gasteiger partial charge in [-0.2, -0.15) is 0 Å². The van der Waals surface area contributed by atoms with Gasteiger partial charge in [-0.25, -0.2) is 9.59 Å². The lowest BCUT2D eigenvalue weighted by molar-refractivity contribution is -0.156. The number of amides is 2. The van der Waals surface area contributed by atoms with E-state index < -0.39 is 24.1 Å². The summed E-state index contributed by atoms with van der Waals surface area (Å²) in [5, 5.41) is 5.14. The molecule has 0 fully saturated rings. The number of carbonyl (C=O) groups is 3. The van der Waals surface area contributed by atoms with Crippen LogP contribution >= 0.6 is 0 Å². The summed E-state index contributed by atoms with van der Waals surface area (Å²) in [6, 6.07) is 16.7. The first-order valence-electron chi connectivity index (χ1n) is 8.11. The maximum atomic E-state index is 11.7. The number of anilines is 2. The van der Waals surface area contributed by atoms with Gasteiger partial charge in [0.05, 0.1) is 7.11 Å². The lowest BCUT2D eigenvalue weighted by atomic mass is 10.2. The summed E-state index contributed by atoms with van der Waals surface area (Å²) in [6.45, 7) is 0.960. The molecule has 8 nitrogen and oxygen atoms in total. The molecule has 2 aromatic carbocycles. The molecule has 2 aromatic rings. The highest BCUT2D eigenvalue weighted by Gasteiger charge is 2.20. The third kappa shape index (κ3) is 6.69. The van der Waals surface area contributed by atoms with Crippen molar-refractivity contribution in [3.63, 3.8) is 0 Å². The molecule has 2 rings (SSSR count). The molecule has 0 unspecified atom stereocenters. The molecule has 1 atom stereocenters. The summed E-state index contributed by atoms with van der Waals surface area (Å²) in [4.78, 5) is 34.3. The Morgan fingerprint density at radius 1 is 0.963 bits per heavy atom. The molecule has 0 bridgehead atoms. The normalized spacial score (nSPS) is 11.0. The highest BCUT2D eigenvalue weighted by molar-refractivity contribution is 5.95. The Balaban J connectivity index is 1.78. The lowest BCUT2D eigenvalue weighted by Crippen LogP contribution is -2.40. The largest absolute Gasteiger partial charge is 0.482 e. The number of hydrogen-bond donors (Lipinski definition) is 2. The number of para-hydroxylation sites is 1. The van der Waals surface area contributed by atoms with Gasteiger partial charge in [-0.05, 0) is 43.3 Å². The first-order chi connectivity index (χ1) is 13.0. The van der Waals surface area contributed by atoms with Crippen molar-refractivity contribution in [2.75, 3.05) is 19.0 Å². The highest BCUT2D eigenvalue weighted by atomic mass is 16.6. The number of esters is 1. The molecule has 0 saturated carbocycles. The highest BCUT2D eigenvalue weighted by Crippen LogP contribution is 2.19. The van der Waals surface area contributed by atoms with E-state index in [0.29, 0.717) is 5.75 Å². The molecular weight excluding hydrogens is 352 g/mol. The molecule has 2 amide bonds. The van der Waals surface area contributed by atoms with E-state index in [-0.39, 0.29) is 6.61 Å². The van der Waals surface area contributed by atoms with Crippen LogP contribution in [0.25, 0.3) is 0 Å². The Hall–Kier alpha value is -3.55. The first kappa shape index (κ1) is 19.8. The Kier molecular flexibility index (Phi) is 7.18. The quantitative estimate of drug-likeness (QED) is 0.720. The third-order valence-corrected chi connectivity index (χ3v) is 3.36. The standard InChI is InChI=1S/C19H20N2O6/c1-13(18(23)21-19(24)25-2)27-17(22)12-26-16-10-8-15(9-11-16)20-14-6-4-3-5-7-14/h3-11,13,20H,12H2,1-2H3,(H,21,23,24)/t13-/m1/s1. The minimum Gasteiger partial charge on any atom is -0.482 e. The van der Waals surface area contributed by atoms with Crippen LogP contribution in [0.2, 0.25) is 0 Å². The van der Waals surface area contributed by atoms with Crippen LogP contribution in [0.1, 0.15) is 6.92 Å². The zero-order chi connectivity index (χ0) is 19.6. The summed E-state index contributed by atoms with van der Waals surface area (Å²) in [6.07, 6.45) is -2.08. The zero-order valence-corrected chi connectivity index (χ0v) is 14.9. The molecule has 0 heterocycles. The number of benzene rings is 2. The van der Waals surface area contributed by atoms with Crippen molar-refractivity contribution in [3.8, 4) is 5.75 Å². The van der Waals surface area contributed by atoms with Gasteiger partial charge in [0.15, 0.2) is 12.7 Å². The molecular formula is C19H20N2O6. The second-order valence-corrected chi connectivity index (χ2v) is 5.42. The van der Waals surface area contributed by atoms with Crippen LogP contribution in [0.4, 0.5) is 16.2 Å². The molecule has 0 spiro atoms. The minimum absolute atomic E-state index is 0.374. The van der Waals surface area contributed by atoms with Crippen molar-refractivity contribution >= 4 is 29.3 Å². The van der Waals surface area contributed by atoms with Gasteiger partial charge in [-0.1, -0.05) is 18.2 Å². The number of methoxy groups -OCH3 is 1. The van der Waals surface area contributed by atoms with Crippen molar-refractivity contribution in [1.82, 2.24) is 5.32 Å². The SMILES string of the molecule is COC(=O)NC(=O)[C@@H](C)OC(=O)COc1ccc(Nc2ccccc2)cc1. The Labute approximate surface area is 156 Å². The summed E-state index contributed by atoms with van der Waals surface area (Å²) in [5.41, 5.74) is 1.82. The van der Waals surface area contributed by atoms with Crippen LogP contribution < -0.4 is 15.4 Å². The van der Waals surface area contributed by atoms with Crippen molar-refractivity contribution in [1.29, 1.82) is 0 Å². The van der Waals surface area contributed by atoms with E-state index in [9.17, 15) is 14.4 Å². The fraction of sp³-hybridized carbons (Fsp3) is 0.211. The second kappa shape index (κ2) is 9.81. The van der Waals surface area contributed by atoms with Crippen molar-refractivity contribution in [3.05, 3.63) is 54.6 Å². The van der Waals surface area contributed by atoms with E-state index >= 15 is 0 Å². The predicted octanol–water partition coefficient (Wildman–Crippen LogP) is 2.62. The molecule has 142 valence electrons. The van der Waals surface area contributed by atoms with Crippen molar-refractivity contribution < 1.29 is 28.6 Å². The summed E-state index contributed by atoms with van der Waals surface area (Å²) in [7, 11) is 1.12. The average molecular weight is 372 g/mol. The Morgan fingerprint density at radius 2 is 1.59 bits per heavy atom. The van der Waals surface area contributed by atoms with E-state index in [1.165, 1.54) is 6.92 Å². The molecule has 0 aliphatic heterocycles. The van der Waals surface area contributed by atoms with Gasteiger partial charge >= 0.3 is 12.1 Å². The fourth-order valence-corrected chi connectivity index (χ4v) is 2.00. The van der Waals surface area contributed by atoms with Crippen LogP contribution in [0.5, 0.6) is 5.75 Å². The Bertz CT molecular complexity index is 777. The summed E-state index contributed by atoms with van der Waals surface area (Å²) in [5.74, 6) is -1.06. The van der Waals surface area contributed by atoms with E-state index in [4.69, 9.17) is 9.47 Å². The van der Waals surface area contributed by atoms with Gasteiger partial charge in [0.2, 0.25) is 0 Å². The number of nitrogens with one attached hydrogen (secondary N) is 2. The Morgan fingerprint density at radius 3 is 2.22 bits per heavy atom. The predicted molar refractivity (Wildman–Crippen MR) is 97.8 cm³/mol. The van der Waals surface area contributed by atoms with Crippen LogP contribution in [-0.2, 0) is 19.1 Å². The van der Waals surface area contributed by atoms with Crippen molar-refractivity contribution in [2.45, 2.75) is 13.0 Å². The number of alkyl carbamates (subject to hydrolysis) is 1. The van der Waals surface area contributed by atoms with E-state index in [1.54, 1.807) is 24.3 Å². The molecule has 0 aromatic heterocycles. The molecule has 8 heteroatoms. The summed E-state index contributed by atoms with van der Waals surface area (Å²) >= 11 is 0. The third-order valence-electron chi connectivity index (χ3n) is 3.36. The van der Waals surface area contributed by atoms with Gasteiger partial charge in [-0.3, -0.25) is 10.1 Å². The van der Waals surface area contributed by atoms with Crippen LogP contribution in [0, 0.1) is 0 Å². The molecule has 2 N–H and O–H groups in total. The molecule has 0 radical (unpaired) electrons. The number of ether oxygens (including phenoxy) is 3. The van der Waals surface area contributed by atoms with E-state index in [0.717, 1.165) is 18.5 Å². The lowest BCUT2D eigenvalue weighted by Gasteiger charge is -2.13. The molecule has 0 saturated heterocycles. The topological polar surface area (TPSA) is 103 Å². The monoisotopic (exact) mass is 372 g/mol. The summed E-state index contributed by atoms with van der Waals surface area (Å²) < 4.78 is 14.5. The number of imide groups is 1. The second-order valence-electron chi connectivity index (χ2n) is 5.42. The smallest absolute Gasteiger partial charge is 0.413 e. The molecule has 27 heavy (non-hydrogen) atoms. The van der Waals surface area contributed by atoms with Crippen LogP contribution in [-0.4, -0.2) is 37.8 Å². The fourth-order valence-electron chi connectivity index (χ4n) is 2.00. The molecule has 0 aliphatic carbocycles. The van der Waals surface area contributed by atoms with Gasteiger partial charge in [0.1, 0.15) is 5.75 Å². The van der Waals surface area contributed by atoms with Crippen LogP contribution in [0.15, 0.2) is 54.6 Å². The van der Waals surface area contributed by atoms with Crippen molar-refractivity contribution in [2.24, 2.45) is 0 Å². The maximum absolute atomic E-state index is 11.7. The average Bonchev–Trinajstić information content (AvgIpc) is 2.68. The van der Waals surface area contributed by atoms with Gasteiger partial charge in [0.25, 0.3) is 5.91 Å². The minimum atomic E-state index is -1.15. The number of rotatable bonds is 7. The first-order valence-corrected chi connectivity index (χ1v) is 8.11. The zero-order valence-electron chi connectivity index (χ0n) is 14.9. The van der Waals surface area contributed by atoms with Gasteiger partial charge in [0, 0.05) is 11.4 Å². The molecule has 0 aliphatic rings. The van der Waals surface area contributed by atoms with E-state index in [1.807, 2.05) is 35.6 Å². The van der Waals surface area contributed by atoms with Gasteiger partial charge in [-0.15, -0.1) is 0 Å². The van der Waals surface area contributed by atoms with Gasteiger partial charge < -0.3 is 19.5 Å². The maximum Gasteiger partial charge on any atom is 0.413 e.